The van der Waals surface area contributed by atoms with E-state index in [0.29, 0.717) is 43.6 Å². The lowest BCUT2D eigenvalue weighted by atomic mass is 10.0. The zero-order valence-corrected chi connectivity index (χ0v) is 18.0. The summed E-state index contributed by atoms with van der Waals surface area (Å²) < 4.78 is 11.3. The summed E-state index contributed by atoms with van der Waals surface area (Å²) in [5.74, 6) is 0.619. The second kappa shape index (κ2) is 9.21. The molecule has 0 atom stereocenters. The van der Waals surface area contributed by atoms with Gasteiger partial charge in [-0.25, -0.2) is 4.98 Å². The van der Waals surface area contributed by atoms with Gasteiger partial charge in [0.25, 0.3) is 0 Å². The predicted molar refractivity (Wildman–Crippen MR) is 125 cm³/mol. The molecule has 0 fully saturated rings. The number of fused-ring (bicyclic) bond motifs is 1. The summed E-state index contributed by atoms with van der Waals surface area (Å²) in [6.07, 6.45) is 5.05. The number of oxazole rings is 1. The molecule has 1 heterocycles. The highest BCUT2D eigenvalue weighted by Gasteiger charge is 2.20. The molecular formula is C25H17Cl2NO3. The van der Waals surface area contributed by atoms with Crippen molar-refractivity contribution in [1.82, 2.24) is 4.98 Å². The van der Waals surface area contributed by atoms with Crippen molar-refractivity contribution in [2.24, 2.45) is 0 Å². The molecule has 0 saturated carbocycles. The molecule has 1 aromatic heterocycles. The van der Waals surface area contributed by atoms with Crippen LogP contribution in [0.1, 0.15) is 28.7 Å². The number of aromatic nitrogens is 1. The van der Waals surface area contributed by atoms with Crippen LogP contribution in [0.5, 0.6) is 5.75 Å². The van der Waals surface area contributed by atoms with Crippen LogP contribution in [0.3, 0.4) is 0 Å². The largest absolute Gasteiger partial charge is 0.465 e. The Morgan fingerprint density at radius 2 is 1.77 bits per heavy atom. The maximum Gasteiger partial charge on any atom is 0.231 e. The lowest BCUT2D eigenvalue weighted by Crippen LogP contribution is -2.03. The number of carbonyl (C=O) groups is 1. The zero-order chi connectivity index (χ0) is 21.8. The number of ketones is 1. The van der Waals surface area contributed by atoms with Crippen LogP contribution in [0.15, 0.2) is 83.5 Å². The van der Waals surface area contributed by atoms with Crippen molar-refractivity contribution < 1.29 is 13.9 Å². The van der Waals surface area contributed by atoms with Crippen molar-refractivity contribution in [1.29, 1.82) is 0 Å². The molecule has 154 valence electrons. The molecule has 0 aliphatic carbocycles. The van der Waals surface area contributed by atoms with Gasteiger partial charge in [-0.2, -0.15) is 0 Å². The highest BCUT2D eigenvalue weighted by atomic mass is 35.5. The molecule has 0 N–H and O–H groups in total. The summed E-state index contributed by atoms with van der Waals surface area (Å²) in [4.78, 5) is 17.9. The Labute approximate surface area is 189 Å². The summed E-state index contributed by atoms with van der Waals surface area (Å²) in [5, 5.41) is 0.829. The molecule has 0 amide bonds. The maximum absolute atomic E-state index is 13.4. The normalized spacial score (nSPS) is 11.9. The average molecular weight is 450 g/mol. The lowest BCUT2D eigenvalue weighted by Gasteiger charge is -2.06. The van der Waals surface area contributed by atoms with Gasteiger partial charge in [-0.05, 0) is 67.1 Å². The Balaban J connectivity index is 1.78. The topological polar surface area (TPSA) is 52.3 Å². The number of benzene rings is 3. The minimum atomic E-state index is -0.241. The van der Waals surface area contributed by atoms with Crippen molar-refractivity contribution in [3.63, 3.8) is 0 Å². The van der Waals surface area contributed by atoms with Crippen molar-refractivity contribution >= 4 is 51.7 Å². The van der Waals surface area contributed by atoms with Gasteiger partial charge in [0.15, 0.2) is 11.4 Å². The molecule has 3 aromatic carbocycles. The van der Waals surface area contributed by atoms with Crippen molar-refractivity contribution in [3.8, 4) is 5.75 Å². The number of Topliss-reactive ketones (excluding diaryl/α,β-unsaturated/α-hetero) is 1. The van der Waals surface area contributed by atoms with E-state index >= 15 is 0 Å². The highest BCUT2D eigenvalue weighted by Crippen LogP contribution is 2.29. The Morgan fingerprint density at radius 1 is 1.00 bits per heavy atom. The molecular weight excluding hydrogens is 433 g/mol. The smallest absolute Gasteiger partial charge is 0.231 e. The monoisotopic (exact) mass is 449 g/mol. The summed E-state index contributed by atoms with van der Waals surface area (Å²) in [6, 6.07) is 19.4. The van der Waals surface area contributed by atoms with Gasteiger partial charge in [0.1, 0.15) is 11.3 Å². The van der Waals surface area contributed by atoms with Crippen LogP contribution in [0, 0.1) is 0 Å². The number of hydrogen-bond acceptors (Lipinski definition) is 4. The molecule has 4 aromatic rings. The van der Waals surface area contributed by atoms with E-state index in [1.54, 1.807) is 66.9 Å². The quantitative estimate of drug-likeness (QED) is 0.174. The molecule has 0 spiro atoms. The number of para-hydroxylation sites is 2. The van der Waals surface area contributed by atoms with E-state index in [-0.39, 0.29) is 11.7 Å². The van der Waals surface area contributed by atoms with E-state index in [1.807, 2.05) is 25.1 Å². The first-order valence-corrected chi connectivity index (χ1v) is 10.3. The molecule has 4 rings (SSSR count). The first-order valence-electron chi connectivity index (χ1n) is 9.50. The third-order valence-corrected chi connectivity index (χ3v) is 5.22. The summed E-state index contributed by atoms with van der Waals surface area (Å²) in [6.45, 7) is 1.86. The Hall–Kier alpha value is -3.34. The van der Waals surface area contributed by atoms with E-state index < -0.39 is 0 Å². The Bertz CT molecular complexity index is 1270. The molecule has 0 aliphatic heterocycles. The molecule has 0 radical (unpaired) electrons. The van der Waals surface area contributed by atoms with Crippen molar-refractivity contribution in [2.45, 2.75) is 6.92 Å². The predicted octanol–water partition coefficient (Wildman–Crippen LogP) is 7.47. The molecule has 4 nitrogen and oxygen atoms in total. The summed E-state index contributed by atoms with van der Waals surface area (Å²) in [5.41, 5.74) is 2.74. The molecule has 0 aliphatic rings. The molecule has 0 bridgehead atoms. The molecule has 0 saturated heterocycles. The highest BCUT2D eigenvalue weighted by molar-refractivity contribution is 6.42. The molecule has 31 heavy (non-hydrogen) atoms. The van der Waals surface area contributed by atoms with Gasteiger partial charge in [-0.3, -0.25) is 4.79 Å². The van der Waals surface area contributed by atoms with Gasteiger partial charge < -0.3 is 9.15 Å². The van der Waals surface area contributed by atoms with Crippen LogP contribution in [0.25, 0.3) is 22.7 Å². The van der Waals surface area contributed by atoms with E-state index in [1.165, 1.54) is 0 Å². The summed E-state index contributed by atoms with van der Waals surface area (Å²) in [7, 11) is 0. The minimum absolute atomic E-state index is 0.228. The van der Waals surface area contributed by atoms with E-state index in [9.17, 15) is 4.79 Å². The average Bonchev–Trinajstić information content (AvgIpc) is 3.22. The molecule has 0 unspecified atom stereocenters. The number of ether oxygens (including phenoxy) is 1. The van der Waals surface area contributed by atoms with Gasteiger partial charge in [0, 0.05) is 5.56 Å². The fraction of sp³-hybridized carbons (Fsp3) is 0.0400. The number of carbonyl (C=O) groups excluding carboxylic acids is 1. The fourth-order valence-corrected chi connectivity index (χ4v) is 3.27. The van der Waals surface area contributed by atoms with Gasteiger partial charge in [-0.15, -0.1) is 0 Å². The van der Waals surface area contributed by atoms with E-state index in [2.05, 4.69) is 4.98 Å². The lowest BCUT2D eigenvalue weighted by molar-refractivity contribution is 0.105. The van der Waals surface area contributed by atoms with Gasteiger partial charge in [-0.1, -0.05) is 47.5 Å². The maximum atomic E-state index is 13.4. The third kappa shape index (κ3) is 4.71. The Morgan fingerprint density at radius 3 is 2.48 bits per heavy atom. The first-order chi connectivity index (χ1) is 15.0. The van der Waals surface area contributed by atoms with Crippen LogP contribution in [-0.4, -0.2) is 10.8 Å². The number of hydrogen-bond donors (Lipinski definition) is 0. The number of rotatable bonds is 6. The SMILES string of the molecule is C/C=C/Oc1ccc(C(=O)/C(=C\c2ccc(Cl)c(Cl)c2)c2nc3ccccc3o2)cc1. The first kappa shape index (κ1) is 20.9. The fourth-order valence-electron chi connectivity index (χ4n) is 2.97. The number of halogens is 2. The number of nitrogens with zero attached hydrogens (tertiary/aromatic N) is 1. The standard InChI is InChI=1S/C25H17Cl2NO3/c1-2-13-30-18-10-8-17(9-11-18)24(29)19(14-16-7-12-20(26)21(27)15-16)25-28-22-5-3-4-6-23(22)31-25/h2-15H,1H3/b13-2+,19-14+. The van der Waals surface area contributed by atoms with Crippen molar-refractivity contribution in [2.75, 3.05) is 0 Å². The third-order valence-electron chi connectivity index (χ3n) is 4.48. The molecule has 6 heteroatoms. The Kier molecular flexibility index (Phi) is 6.21. The van der Waals surface area contributed by atoms with Gasteiger partial charge in [0.05, 0.1) is 21.9 Å². The van der Waals surface area contributed by atoms with Gasteiger partial charge >= 0.3 is 0 Å². The second-order valence-corrected chi connectivity index (χ2v) is 7.47. The van der Waals surface area contributed by atoms with Crippen LogP contribution in [0.2, 0.25) is 10.0 Å². The van der Waals surface area contributed by atoms with E-state index in [0.717, 1.165) is 0 Å². The number of allylic oxidation sites excluding steroid dienone is 2. The van der Waals surface area contributed by atoms with Crippen LogP contribution in [-0.2, 0) is 0 Å². The second-order valence-electron chi connectivity index (χ2n) is 6.66. The zero-order valence-electron chi connectivity index (χ0n) is 16.5. The van der Waals surface area contributed by atoms with E-state index in [4.69, 9.17) is 32.4 Å². The van der Waals surface area contributed by atoms with Gasteiger partial charge in [0.2, 0.25) is 5.89 Å². The van der Waals surface area contributed by atoms with Crippen LogP contribution < -0.4 is 4.74 Å². The minimum Gasteiger partial charge on any atom is -0.465 e. The summed E-state index contributed by atoms with van der Waals surface area (Å²) >= 11 is 12.2. The van der Waals surface area contributed by atoms with Crippen LogP contribution in [0.4, 0.5) is 0 Å². The van der Waals surface area contributed by atoms with Crippen molar-refractivity contribution in [3.05, 3.63) is 106 Å². The van der Waals surface area contributed by atoms with Crippen LogP contribution >= 0.6 is 23.2 Å².